The van der Waals surface area contributed by atoms with Gasteiger partial charge in [0.1, 0.15) is 5.78 Å². The first kappa shape index (κ1) is 22.9. The zero-order valence-electron chi connectivity index (χ0n) is 17.9. The molecule has 0 saturated carbocycles. The molecule has 0 amide bonds. The van der Waals surface area contributed by atoms with Crippen molar-refractivity contribution in [2.24, 2.45) is 0 Å². The number of halogens is 1. The van der Waals surface area contributed by atoms with Gasteiger partial charge >= 0.3 is 0 Å². The van der Waals surface area contributed by atoms with Crippen molar-refractivity contribution in [3.05, 3.63) is 94.8 Å². The van der Waals surface area contributed by atoms with E-state index in [4.69, 9.17) is 11.6 Å². The summed E-state index contributed by atoms with van der Waals surface area (Å²) in [4.78, 5) is 29.9. The molecular formula is C25H21ClN4O2S. The predicted octanol–water partition coefficient (Wildman–Crippen LogP) is 5.15. The van der Waals surface area contributed by atoms with Crippen LogP contribution in [-0.4, -0.2) is 37.1 Å². The molecule has 0 unspecified atom stereocenters. The van der Waals surface area contributed by atoms with E-state index in [2.05, 4.69) is 15.2 Å². The lowest BCUT2D eigenvalue weighted by Crippen LogP contribution is -2.12. The molecule has 0 saturated heterocycles. The summed E-state index contributed by atoms with van der Waals surface area (Å²) in [7, 11) is 0. The van der Waals surface area contributed by atoms with Crippen LogP contribution in [0.15, 0.2) is 78.2 Å². The van der Waals surface area contributed by atoms with E-state index in [1.807, 2.05) is 41.8 Å². The number of nitrogens with zero attached hydrogens (tertiary/aromatic N) is 4. The Morgan fingerprint density at radius 1 is 1.00 bits per heavy atom. The SMILES string of the molecule is CCn1c(SCC(=O)Cc2ccc(Cl)cc2C(=O)c2ccccc2)nnc1-c1ccncc1. The van der Waals surface area contributed by atoms with Gasteiger partial charge in [0.25, 0.3) is 0 Å². The fourth-order valence-electron chi connectivity index (χ4n) is 3.46. The minimum atomic E-state index is -0.152. The van der Waals surface area contributed by atoms with Crippen molar-refractivity contribution >= 4 is 34.9 Å². The molecule has 0 aliphatic rings. The molecule has 33 heavy (non-hydrogen) atoms. The number of pyridine rings is 1. The number of carbonyl (C=O) groups excluding carboxylic acids is 2. The Morgan fingerprint density at radius 2 is 1.76 bits per heavy atom. The first-order chi connectivity index (χ1) is 16.1. The average molecular weight is 477 g/mol. The second-order valence-corrected chi connectivity index (χ2v) is 8.67. The van der Waals surface area contributed by atoms with Crippen LogP contribution in [-0.2, 0) is 17.8 Å². The van der Waals surface area contributed by atoms with Crippen LogP contribution in [0.3, 0.4) is 0 Å². The largest absolute Gasteiger partial charge is 0.302 e. The maximum absolute atomic E-state index is 13.0. The molecule has 0 aliphatic heterocycles. The Morgan fingerprint density at radius 3 is 2.48 bits per heavy atom. The summed E-state index contributed by atoms with van der Waals surface area (Å²) >= 11 is 7.49. The number of thioether (sulfide) groups is 1. The van der Waals surface area contributed by atoms with Crippen LogP contribution < -0.4 is 0 Å². The zero-order valence-corrected chi connectivity index (χ0v) is 19.5. The molecule has 0 radical (unpaired) electrons. The summed E-state index contributed by atoms with van der Waals surface area (Å²) < 4.78 is 1.97. The van der Waals surface area contributed by atoms with Gasteiger partial charge in [-0.15, -0.1) is 10.2 Å². The van der Waals surface area contributed by atoms with Crippen molar-refractivity contribution in [3.8, 4) is 11.4 Å². The molecule has 8 heteroatoms. The molecule has 0 bridgehead atoms. The molecule has 6 nitrogen and oxygen atoms in total. The standard InChI is InChI=1S/C25H21ClN4O2S/c1-2-30-24(18-10-12-27-13-11-18)28-29-25(30)33-16-21(31)14-19-8-9-20(26)15-22(19)23(32)17-6-4-3-5-7-17/h3-13,15H,2,14,16H2,1H3. The molecule has 2 heterocycles. The molecule has 0 spiro atoms. The van der Waals surface area contributed by atoms with Gasteiger partial charge in [0, 0.05) is 47.1 Å². The van der Waals surface area contributed by atoms with Crippen LogP contribution in [0.1, 0.15) is 28.4 Å². The molecular weight excluding hydrogens is 456 g/mol. The Bertz CT molecular complexity index is 1280. The lowest BCUT2D eigenvalue weighted by Gasteiger charge is -2.10. The fourth-order valence-corrected chi connectivity index (χ4v) is 4.50. The normalized spacial score (nSPS) is 10.8. The van der Waals surface area contributed by atoms with E-state index in [-0.39, 0.29) is 23.7 Å². The summed E-state index contributed by atoms with van der Waals surface area (Å²) in [6, 6.07) is 17.8. The van der Waals surface area contributed by atoms with Gasteiger partial charge in [-0.05, 0) is 36.8 Å². The van der Waals surface area contributed by atoms with Crippen LogP contribution in [0.5, 0.6) is 0 Å². The number of Topliss-reactive ketones (excluding diaryl/α,β-unsaturated/α-hetero) is 1. The molecule has 166 valence electrons. The lowest BCUT2D eigenvalue weighted by atomic mass is 9.96. The second-order valence-electron chi connectivity index (χ2n) is 7.29. The predicted molar refractivity (Wildman–Crippen MR) is 130 cm³/mol. The number of rotatable bonds is 9. The minimum absolute atomic E-state index is 0.0134. The molecule has 0 atom stereocenters. The van der Waals surface area contributed by atoms with Crippen LogP contribution in [0.2, 0.25) is 5.02 Å². The van der Waals surface area contributed by atoms with Crippen LogP contribution in [0.25, 0.3) is 11.4 Å². The molecule has 2 aromatic carbocycles. The summed E-state index contributed by atoms with van der Waals surface area (Å²) in [6.07, 6.45) is 3.55. The topological polar surface area (TPSA) is 77.7 Å². The summed E-state index contributed by atoms with van der Waals surface area (Å²) in [6.45, 7) is 2.68. The Labute approximate surface area is 201 Å². The number of benzene rings is 2. The van der Waals surface area contributed by atoms with Crippen molar-refractivity contribution in [2.75, 3.05) is 5.75 Å². The van der Waals surface area contributed by atoms with E-state index in [0.717, 1.165) is 11.4 Å². The van der Waals surface area contributed by atoms with Gasteiger partial charge in [-0.25, -0.2) is 0 Å². The van der Waals surface area contributed by atoms with Gasteiger partial charge in [-0.2, -0.15) is 0 Å². The summed E-state index contributed by atoms with van der Waals surface area (Å²) in [5.41, 5.74) is 2.59. The number of ketones is 2. The Hall–Kier alpha value is -3.29. The van der Waals surface area contributed by atoms with Gasteiger partial charge < -0.3 is 4.57 Å². The van der Waals surface area contributed by atoms with E-state index in [1.165, 1.54) is 11.8 Å². The van der Waals surface area contributed by atoms with E-state index in [9.17, 15) is 9.59 Å². The van der Waals surface area contributed by atoms with Gasteiger partial charge in [0.15, 0.2) is 16.8 Å². The minimum Gasteiger partial charge on any atom is -0.302 e. The molecule has 4 aromatic rings. The molecule has 2 aromatic heterocycles. The molecule has 0 aliphatic carbocycles. The average Bonchev–Trinajstić information content (AvgIpc) is 3.27. The van der Waals surface area contributed by atoms with Gasteiger partial charge in [-0.1, -0.05) is 59.8 Å². The Balaban J connectivity index is 1.48. The highest BCUT2D eigenvalue weighted by atomic mass is 35.5. The third-order valence-electron chi connectivity index (χ3n) is 5.07. The van der Waals surface area contributed by atoms with Crippen LogP contribution in [0, 0.1) is 0 Å². The van der Waals surface area contributed by atoms with Crippen molar-refractivity contribution < 1.29 is 9.59 Å². The zero-order chi connectivity index (χ0) is 23.2. The summed E-state index contributed by atoms with van der Waals surface area (Å²) in [5, 5.41) is 9.70. The number of hydrogen-bond acceptors (Lipinski definition) is 6. The van der Waals surface area contributed by atoms with Crippen LogP contribution >= 0.6 is 23.4 Å². The maximum Gasteiger partial charge on any atom is 0.193 e. The smallest absolute Gasteiger partial charge is 0.193 e. The van der Waals surface area contributed by atoms with E-state index < -0.39 is 0 Å². The maximum atomic E-state index is 13.0. The van der Waals surface area contributed by atoms with Crippen LogP contribution in [0.4, 0.5) is 0 Å². The van der Waals surface area contributed by atoms with Crippen molar-refractivity contribution in [2.45, 2.75) is 25.0 Å². The lowest BCUT2D eigenvalue weighted by molar-refractivity contribution is -0.116. The van der Waals surface area contributed by atoms with Gasteiger partial charge in [0.2, 0.25) is 0 Å². The van der Waals surface area contributed by atoms with Gasteiger partial charge in [0.05, 0.1) is 5.75 Å². The first-order valence-corrected chi connectivity index (χ1v) is 11.8. The van der Waals surface area contributed by atoms with E-state index in [0.29, 0.717) is 33.4 Å². The molecule has 0 fully saturated rings. The number of hydrogen-bond donors (Lipinski definition) is 0. The second kappa shape index (κ2) is 10.6. The number of aromatic nitrogens is 4. The van der Waals surface area contributed by atoms with E-state index in [1.54, 1.807) is 42.7 Å². The third kappa shape index (κ3) is 5.38. The highest BCUT2D eigenvalue weighted by Gasteiger charge is 2.18. The first-order valence-electron chi connectivity index (χ1n) is 10.4. The van der Waals surface area contributed by atoms with Crippen molar-refractivity contribution in [1.82, 2.24) is 19.7 Å². The fraction of sp³-hybridized carbons (Fsp3) is 0.160. The third-order valence-corrected chi connectivity index (χ3v) is 6.34. The Kier molecular flexibility index (Phi) is 7.32. The molecule has 0 N–H and O–H groups in total. The summed E-state index contributed by atoms with van der Waals surface area (Å²) in [5.74, 6) is 0.793. The van der Waals surface area contributed by atoms with E-state index >= 15 is 0 Å². The van der Waals surface area contributed by atoms with Crippen molar-refractivity contribution in [1.29, 1.82) is 0 Å². The van der Waals surface area contributed by atoms with Crippen molar-refractivity contribution in [3.63, 3.8) is 0 Å². The highest BCUT2D eigenvalue weighted by Crippen LogP contribution is 2.25. The monoisotopic (exact) mass is 476 g/mol. The quantitative estimate of drug-likeness (QED) is 0.245. The van der Waals surface area contributed by atoms with Gasteiger partial charge in [-0.3, -0.25) is 14.6 Å². The number of carbonyl (C=O) groups is 2. The highest BCUT2D eigenvalue weighted by molar-refractivity contribution is 7.99. The molecule has 4 rings (SSSR count).